The van der Waals surface area contributed by atoms with Crippen molar-refractivity contribution in [3.63, 3.8) is 0 Å². The van der Waals surface area contributed by atoms with Crippen LogP contribution in [0.3, 0.4) is 0 Å². The van der Waals surface area contributed by atoms with Crippen LogP contribution >= 0.6 is 0 Å². The van der Waals surface area contributed by atoms with Crippen molar-refractivity contribution in [3.05, 3.63) is 0 Å². The second-order valence-electron chi connectivity index (χ2n) is 2.74. The van der Waals surface area contributed by atoms with Crippen molar-refractivity contribution in [1.82, 2.24) is 10.6 Å². The Morgan fingerprint density at radius 2 is 2.58 bits per heavy atom. The summed E-state index contributed by atoms with van der Waals surface area (Å²) in [5.41, 5.74) is 5.42. The van der Waals surface area contributed by atoms with Crippen LogP contribution in [-0.4, -0.2) is 31.5 Å². The summed E-state index contributed by atoms with van der Waals surface area (Å²) in [6, 6.07) is -0.206. The van der Waals surface area contributed by atoms with Crippen molar-refractivity contribution in [3.8, 4) is 0 Å². The molecule has 4 N–H and O–H groups in total. The van der Waals surface area contributed by atoms with Gasteiger partial charge in [0.05, 0.1) is 0 Å². The number of amides is 1. The second kappa shape index (κ2) is 3.94. The van der Waals surface area contributed by atoms with Crippen molar-refractivity contribution in [2.24, 2.45) is 10.7 Å². The normalized spacial score (nSPS) is 24.9. The summed E-state index contributed by atoms with van der Waals surface area (Å²) in [6.45, 7) is 0.764. The van der Waals surface area contributed by atoms with E-state index < -0.39 is 0 Å². The maximum atomic E-state index is 11.2. The van der Waals surface area contributed by atoms with E-state index in [0.29, 0.717) is 5.96 Å². The molecule has 0 spiro atoms. The molecule has 1 atom stereocenters. The molecule has 0 radical (unpaired) electrons. The Morgan fingerprint density at radius 1 is 1.83 bits per heavy atom. The van der Waals surface area contributed by atoms with Crippen molar-refractivity contribution in [2.75, 3.05) is 13.6 Å². The van der Waals surface area contributed by atoms with Crippen LogP contribution < -0.4 is 16.4 Å². The molecule has 68 valence electrons. The number of carbonyl (C=O) groups excluding carboxylic acids is 1. The molecule has 1 aliphatic heterocycles. The number of rotatable bonds is 1. The zero-order valence-electron chi connectivity index (χ0n) is 7.13. The van der Waals surface area contributed by atoms with E-state index >= 15 is 0 Å². The van der Waals surface area contributed by atoms with Gasteiger partial charge in [-0.1, -0.05) is 0 Å². The third-order valence-corrected chi connectivity index (χ3v) is 1.85. The lowest BCUT2D eigenvalue weighted by atomic mass is 10.1. The van der Waals surface area contributed by atoms with E-state index in [9.17, 15) is 4.79 Å². The van der Waals surface area contributed by atoms with Crippen molar-refractivity contribution >= 4 is 11.9 Å². The summed E-state index contributed by atoms with van der Waals surface area (Å²) in [6.07, 6.45) is 1.81. The first-order chi connectivity index (χ1) is 5.74. The van der Waals surface area contributed by atoms with Crippen LogP contribution in [0.15, 0.2) is 4.99 Å². The molecule has 1 amide bonds. The van der Waals surface area contributed by atoms with Gasteiger partial charge < -0.3 is 16.4 Å². The van der Waals surface area contributed by atoms with E-state index in [1.165, 1.54) is 0 Å². The molecule has 1 heterocycles. The zero-order chi connectivity index (χ0) is 8.97. The minimum atomic E-state index is -0.206. The SMILES string of the molecule is CN=C(N)NC1CCCNC1=O. The molecule has 0 saturated carbocycles. The molecule has 1 rings (SSSR count). The quantitative estimate of drug-likeness (QED) is 0.341. The number of nitrogens with two attached hydrogens (primary N) is 1. The summed E-state index contributed by atoms with van der Waals surface area (Å²) in [5.74, 6) is 0.324. The van der Waals surface area contributed by atoms with Gasteiger partial charge in [-0.25, -0.2) is 0 Å². The average Bonchev–Trinajstić information content (AvgIpc) is 2.09. The van der Waals surface area contributed by atoms with Gasteiger partial charge in [-0.2, -0.15) is 0 Å². The first-order valence-corrected chi connectivity index (χ1v) is 4.00. The van der Waals surface area contributed by atoms with Crippen molar-refractivity contribution < 1.29 is 4.79 Å². The van der Waals surface area contributed by atoms with Gasteiger partial charge in [0.25, 0.3) is 0 Å². The molecular formula is C7H14N4O. The molecule has 0 aromatic heterocycles. The first-order valence-electron chi connectivity index (χ1n) is 4.00. The number of aliphatic imine (C=N–C) groups is 1. The fraction of sp³-hybridized carbons (Fsp3) is 0.714. The number of carbonyl (C=O) groups is 1. The third kappa shape index (κ3) is 2.11. The maximum Gasteiger partial charge on any atom is 0.242 e. The van der Waals surface area contributed by atoms with Gasteiger partial charge in [0.2, 0.25) is 5.91 Å². The minimum Gasteiger partial charge on any atom is -0.370 e. The number of nitrogens with zero attached hydrogens (tertiary/aromatic N) is 1. The van der Waals surface area contributed by atoms with E-state index in [2.05, 4.69) is 15.6 Å². The molecule has 0 aromatic carbocycles. The topological polar surface area (TPSA) is 79.5 Å². The Bertz CT molecular complexity index is 202. The van der Waals surface area contributed by atoms with E-state index in [1.54, 1.807) is 7.05 Å². The van der Waals surface area contributed by atoms with Gasteiger partial charge in [0, 0.05) is 13.6 Å². The third-order valence-electron chi connectivity index (χ3n) is 1.85. The van der Waals surface area contributed by atoms with Gasteiger partial charge in [0.1, 0.15) is 6.04 Å². The fourth-order valence-electron chi connectivity index (χ4n) is 1.15. The predicted octanol–water partition coefficient (Wildman–Crippen LogP) is -1.20. The molecule has 0 aromatic rings. The molecule has 1 unspecified atom stereocenters. The monoisotopic (exact) mass is 170 g/mol. The van der Waals surface area contributed by atoms with Crippen LogP contribution in [0.1, 0.15) is 12.8 Å². The molecule has 5 heteroatoms. The Kier molecular flexibility index (Phi) is 2.90. The standard InChI is InChI=1S/C7H14N4O/c1-9-7(8)11-5-3-2-4-10-6(5)12/h5H,2-4H2,1H3,(H,10,12)(H3,8,9,11). The van der Waals surface area contributed by atoms with Crippen LogP contribution in [0.2, 0.25) is 0 Å². The lowest BCUT2D eigenvalue weighted by Crippen LogP contribution is -2.52. The molecule has 0 aliphatic carbocycles. The summed E-state index contributed by atoms with van der Waals surface area (Å²) >= 11 is 0. The molecule has 12 heavy (non-hydrogen) atoms. The van der Waals surface area contributed by atoms with Crippen LogP contribution in [-0.2, 0) is 4.79 Å². The highest BCUT2D eigenvalue weighted by Crippen LogP contribution is 2.01. The van der Waals surface area contributed by atoms with Crippen LogP contribution in [0.25, 0.3) is 0 Å². The van der Waals surface area contributed by atoms with Crippen LogP contribution in [0.4, 0.5) is 0 Å². The molecule has 5 nitrogen and oxygen atoms in total. The Labute approximate surface area is 71.4 Å². The van der Waals surface area contributed by atoms with Crippen LogP contribution in [0.5, 0.6) is 0 Å². The summed E-state index contributed by atoms with van der Waals surface area (Å²) in [7, 11) is 1.59. The number of hydrogen-bond acceptors (Lipinski definition) is 2. The van der Waals surface area contributed by atoms with Crippen LogP contribution in [0, 0.1) is 0 Å². The van der Waals surface area contributed by atoms with E-state index in [0.717, 1.165) is 19.4 Å². The summed E-state index contributed by atoms with van der Waals surface area (Å²) < 4.78 is 0. The number of piperidine rings is 1. The summed E-state index contributed by atoms with van der Waals surface area (Å²) in [5, 5.41) is 5.58. The Balaban J connectivity index is 2.44. The highest BCUT2D eigenvalue weighted by molar-refractivity contribution is 5.88. The highest BCUT2D eigenvalue weighted by atomic mass is 16.2. The first kappa shape index (κ1) is 8.83. The summed E-state index contributed by atoms with van der Waals surface area (Å²) in [4.78, 5) is 14.9. The Morgan fingerprint density at radius 3 is 3.17 bits per heavy atom. The molecule has 1 fully saturated rings. The van der Waals surface area contributed by atoms with E-state index in [4.69, 9.17) is 5.73 Å². The molecule has 0 bridgehead atoms. The lowest BCUT2D eigenvalue weighted by Gasteiger charge is -2.22. The molecule has 1 aliphatic rings. The van der Waals surface area contributed by atoms with E-state index in [1.807, 2.05) is 0 Å². The van der Waals surface area contributed by atoms with Crippen molar-refractivity contribution in [2.45, 2.75) is 18.9 Å². The number of nitrogens with one attached hydrogen (secondary N) is 2. The second-order valence-corrected chi connectivity index (χ2v) is 2.74. The van der Waals surface area contributed by atoms with Gasteiger partial charge in [0.15, 0.2) is 5.96 Å². The predicted molar refractivity (Wildman–Crippen MR) is 46.7 cm³/mol. The lowest BCUT2D eigenvalue weighted by molar-refractivity contribution is -0.124. The van der Waals surface area contributed by atoms with Gasteiger partial charge in [-0.3, -0.25) is 9.79 Å². The highest BCUT2D eigenvalue weighted by Gasteiger charge is 2.21. The maximum absolute atomic E-state index is 11.2. The van der Waals surface area contributed by atoms with E-state index in [-0.39, 0.29) is 11.9 Å². The number of guanidine groups is 1. The average molecular weight is 170 g/mol. The number of hydrogen-bond donors (Lipinski definition) is 3. The minimum absolute atomic E-state index is 0.00727. The fourth-order valence-corrected chi connectivity index (χ4v) is 1.15. The largest absolute Gasteiger partial charge is 0.370 e. The Hall–Kier alpha value is -1.26. The smallest absolute Gasteiger partial charge is 0.242 e. The zero-order valence-corrected chi connectivity index (χ0v) is 7.13. The van der Waals surface area contributed by atoms with Gasteiger partial charge >= 0.3 is 0 Å². The van der Waals surface area contributed by atoms with Gasteiger partial charge in [-0.15, -0.1) is 0 Å². The molecular weight excluding hydrogens is 156 g/mol. The van der Waals surface area contributed by atoms with Crippen molar-refractivity contribution in [1.29, 1.82) is 0 Å². The van der Waals surface area contributed by atoms with Gasteiger partial charge in [-0.05, 0) is 12.8 Å². The molecule has 1 saturated heterocycles.